The largest absolute Gasteiger partial charge is 0.379 e. The maximum absolute atomic E-state index is 5.76. The fourth-order valence-electron chi connectivity index (χ4n) is 4.85. The molecule has 3 rings (SSSR count). The molecule has 0 bridgehead atoms. The van der Waals surface area contributed by atoms with Gasteiger partial charge in [-0.3, -0.25) is 9.89 Å². The van der Waals surface area contributed by atoms with E-state index in [-0.39, 0.29) is 5.54 Å². The van der Waals surface area contributed by atoms with Crippen molar-refractivity contribution in [3.63, 3.8) is 0 Å². The SMILES string of the molecule is CN=C(NCCCOCC1CCCO1)NCC1(N2CCCCC2)CCN(C)CC1. The lowest BCUT2D eigenvalue weighted by Crippen LogP contribution is -2.62. The molecular weight excluding hydrogens is 366 g/mol. The number of ether oxygens (including phenoxy) is 2. The number of likely N-dealkylation sites (tertiary alicyclic amines) is 2. The lowest BCUT2D eigenvalue weighted by molar-refractivity contribution is 0.0164. The van der Waals surface area contributed by atoms with Crippen LogP contribution in [0.5, 0.6) is 0 Å². The van der Waals surface area contributed by atoms with Gasteiger partial charge in [-0.05, 0) is 78.2 Å². The van der Waals surface area contributed by atoms with E-state index in [1.807, 2.05) is 7.05 Å². The van der Waals surface area contributed by atoms with Crippen LogP contribution < -0.4 is 10.6 Å². The molecule has 7 heteroatoms. The summed E-state index contributed by atoms with van der Waals surface area (Å²) in [5, 5.41) is 7.11. The summed E-state index contributed by atoms with van der Waals surface area (Å²) >= 11 is 0. The van der Waals surface area contributed by atoms with Gasteiger partial charge in [0, 0.05) is 38.9 Å². The molecule has 0 spiro atoms. The summed E-state index contributed by atoms with van der Waals surface area (Å²) in [5.74, 6) is 0.916. The molecular formula is C22H43N5O2. The third-order valence-corrected chi connectivity index (χ3v) is 6.84. The normalized spacial score (nSPS) is 26.6. The van der Waals surface area contributed by atoms with Gasteiger partial charge in [-0.1, -0.05) is 6.42 Å². The molecule has 3 aliphatic heterocycles. The lowest BCUT2D eigenvalue weighted by atomic mass is 9.84. The van der Waals surface area contributed by atoms with Crippen LogP contribution in [-0.2, 0) is 9.47 Å². The van der Waals surface area contributed by atoms with Crippen LogP contribution in [0.1, 0.15) is 51.4 Å². The Hall–Kier alpha value is -0.890. The minimum Gasteiger partial charge on any atom is -0.379 e. The molecule has 7 nitrogen and oxygen atoms in total. The molecule has 0 aliphatic carbocycles. The third-order valence-electron chi connectivity index (χ3n) is 6.84. The smallest absolute Gasteiger partial charge is 0.191 e. The number of nitrogens with one attached hydrogen (secondary N) is 2. The van der Waals surface area contributed by atoms with Crippen LogP contribution in [0.15, 0.2) is 4.99 Å². The fraction of sp³-hybridized carbons (Fsp3) is 0.955. The molecule has 3 heterocycles. The van der Waals surface area contributed by atoms with E-state index in [1.165, 1.54) is 64.7 Å². The maximum Gasteiger partial charge on any atom is 0.191 e. The quantitative estimate of drug-likeness (QED) is 0.343. The molecule has 0 aromatic carbocycles. The van der Waals surface area contributed by atoms with Crippen LogP contribution in [0.3, 0.4) is 0 Å². The summed E-state index contributed by atoms with van der Waals surface area (Å²) in [7, 11) is 4.11. The van der Waals surface area contributed by atoms with Gasteiger partial charge in [0.05, 0.1) is 12.7 Å². The van der Waals surface area contributed by atoms with Crippen molar-refractivity contribution >= 4 is 5.96 Å². The molecule has 1 unspecified atom stereocenters. The van der Waals surface area contributed by atoms with Gasteiger partial charge in [0.2, 0.25) is 0 Å². The molecule has 3 fully saturated rings. The van der Waals surface area contributed by atoms with Crippen LogP contribution in [0.25, 0.3) is 0 Å². The van der Waals surface area contributed by atoms with E-state index in [9.17, 15) is 0 Å². The van der Waals surface area contributed by atoms with Gasteiger partial charge in [-0.25, -0.2) is 0 Å². The highest BCUT2D eigenvalue weighted by Crippen LogP contribution is 2.30. The topological polar surface area (TPSA) is 61.4 Å². The van der Waals surface area contributed by atoms with E-state index in [2.05, 4.69) is 32.5 Å². The number of nitrogens with zero attached hydrogens (tertiary/aromatic N) is 3. The zero-order chi connectivity index (χ0) is 20.4. The Balaban J connectivity index is 1.37. The molecule has 0 radical (unpaired) electrons. The second kappa shape index (κ2) is 12.1. The number of piperidine rings is 2. The Morgan fingerprint density at radius 1 is 1.10 bits per heavy atom. The summed E-state index contributed by atoms with van der Waals surface area (Å²) < 4.78 is 11.4. The summed E-state index contributed by atoms with van der Waals surface area (Å²) in [5.41, 5.74) is 0.273. The van der Waals surface area contributed by atoms with Crippen LogP contribution in [0.2, 0.25) is 0 Å². The Labute approximate surface area is 177 Å². The Morgan fingerprint density at radius 3 is 2.59 bits per heavy atom. The van der Waals surface area contributed by atoms with Gasteiger partial charge in [-0.15, -0.1) is 0 Å². The molecule has 0 amide bonds. The van der Waals surface area contributed by atoms with E-state index >= 15 is 0 Å². The number of hydrogen-bond acceptors (Lipinski definition) is 5. The molecule has 3 aliphatic rings. The monoisotopic (exact) mass is 409 g/mol. The molecule has 1 atom stereocenters. The van der Waals surface area contributed by atoms with E-state index in [1.54, 1.807) is 0 Å². The Morgan fingerprint density at radius 2 is 1.90 bits per heavy atom. The van der Waals surface area contributed by atoms with Crippen molar-refractivity contribution in [1.29, 1.82) is 0 Å². The van der Waals surface area contributed by atoms with E-state index < -0.39 is 0 Å². The average Bonchev–Trinajstić information content (AvgIpc) is 3.28. The van der Waals surface area contributed by atoms with Crippen molar-refractivity contribution in [2.24, 2.45) is 4.99 Å². The number of hydrogen-bond donors (Lipinski definition) is 2. The van der Waals surface area contributed by atoms with Crippen molar-refractivity contribution in [1.82, 2.24) is 20.4 Å². The van der Waals surface area contributed by atoms with E-state index in [0.717, 1.165) is 51.7 Å². The highest BCUT2D eigenvalue weighted by Gasteiger charge is 2.39. The number of rotatable bonds is 9. The second-order valence-electron chi connectivity index (χ2n) is 8.99. The first-order chi connectivity index (χ1) is 14.2. The standard InChI is InChI=1S/C22H43N5O2/c1-23-21(24-11-7-16-28-18-20-8-6-17-29-20)25-19-22(9-14-26(2)15-10-22)27-12-4-3-5-13-27/h20H,3-19H2,1-2H3,(H2,23,24,25). The highest BCUT2D eigenvalue weighted by atomic mass is 16.5. The zero-order valence-electron chi connectivity index (χ0n) is 18.8. The first-order valence-electron chi connectivity index (χ1n) is 11.8. The predicted molar refractivity (Wildman–Crippen MR) is 119 cm³/mol. The van der Waals surface area contributed by atoms with Crippen molar-refractivity contribution < 1.29 is 9.47 Å². The first kappa shape index (κ1) is 22.8. The molecule has 2 N–H and O–H groups in total. The van der Waals surface area contributed by atoms with Crippen LogP contribution in [0.4, 0.5) is 0 Å². The van der Waals surface area contributed by atoms with Crippen LogP contribution >= 0.6 is 0 Å². The molecule has 168 valence electrons. The first-order valence-corrected chi connectivity index (χ1v) is 11.8. The second-order valence-corrected chi connectivity index (χ2v) is 8.99. The summed E-state index contributed by atoms with van der Waals surface area (Å²) in [6.07, 6.45) is 10.2. The molecule has 0 aromatic rings. The van der Waals surface area contributed by atoms with Crippen molar-refractivity contribution in [2.75, 3.05) is 73.2 Å². The molecule has 0 aromatic heterocycles. The molecule has 3 saturated heterocycles. The zero-order valence-corrected chi connectivity index (χ0v) is 18.8. The van der Waals surface area contributed by atoms with Crippen molar-refractivity contribution in [3.8, 4) is 0 Å². The number of aliphatic imine (C=N–C) groups is 1. The van der Waals surface area contributed by atoms with Gasteiger partial charge < -0.3 is 25.0 Å². The Kier molecular flexibility index (Phi) is 9.49. The summed E-state index contributed by atoms with van der Waals surface area (Å²) in [6.45, 7) is 9.14. The van der Waals surface area contributed by atoms with Gasteiger partial charge in [0.1, 0.15) is 0 Å². The third kappa shape index (κ3) is 7.09. The molecule has 29 heavy (non-hydrogen) atoms. The summed E-state index contributed by atoms with van der Waals surface area (Å²) in [6, 6.07) is 0. The van der Waals surface area contributed by atoms with Crippen molar-refractivity contribution in [2.45, 2.75) is 63.0 Å². The number of guanidine groups is 1. The van der Waals surface area contributed by atoms with E-state index in [4.69, 9.17) is 9.47 Å². The fourth-order valence-corrected chi connectivity index (χ4v) is 4.85. The molecule has 0 saturated carbocycles. The van der Waals surface area contributed by atoms with Crippen LogP contribution in [-0.4, -0.2) is 101 Å². The van der Waals surface area contributed by atoms with Gasteiger partial charge in [0.25, 0.3) is 0 Å². The van der Waals surface area contributed by atoms with Gasteiger partial charge in [-0.2, -0.15) is 0 Å². The minimum absolute atomic E-state index is 0.273. The van der Waals surface area contributed by atoms with Gasteiger partial charge in [0.15, 0.2) is 5.96 Å². The van der Waals surface area contributed by atoms with Gasteiger partial charge >= 0.3 is 0 Å². The Bertz CT molecular complexity index is 482. The summed E-state index contributed by atoms with van der Waals surface area (Å²) in [4.78, 5) is 9.68. The lowest BCUT2D eigenvalue weighted by Gasteiger charge is -2.50. The average molecular weight is 410 g/mol. The highest BCUT2D eigenvalue weighted by molar-refractivity contribution is 5.79. The maximum atomic E-state index is 5.76. The minimum atomic E-state index is 0.273. The van der Waals surface area contributed by atoms with E-state index in [0.29, 0.717) is 6.10 Å². The predicted octanol–water partition coefficient (Wildman–Crippen LogP) is 1.69. The van der Waals surface area contributed by atoms with Crippen LogP contribution in [0, 0.1) is 0 Å². The van der Waals surface area contributed by atoms with Crippen molar-refractivity contribution in [3.05, 3.63) is 0 Å².